The summed E-state index contributed by atoms with van der Waals surface area (Å²) in [6.07, 6.45) is 1.94. The van der Waals surface area contributed by atoms with Gasteiger partial charge in [-0.3, -0.25) is 4.79 Å². The summed E-state index contributed by atoms with van der Waals surface area (Å²) in [5, 5.41) is 5.99. The molecule has 1 heterocycles. The van der Waals surface area contributed by atoms with Gasteiger partial charge in [0, 0.05) is 30.5 Å². The van der Waals surface area contributed by atoms with E-state index in [-0.39, 0.29) is 5.91 Å². The van der Waals surface area contributed by atoms with E-state index in [9.17, 15) is 4.79 Å². The Hall–Kier alpha value is -2.08. The van der Waals surface area contributed by atoms with Gasteiger partial charge in [-0.1, -0.05) is 0 Å². The molecule has 6 heteroatoms. The zero-order chi connectivity index (χ0) is 16.5. The predicted octanol–water partition coefficient (Wildman–Crippen LogP) is 2.98. The number of aryl methyl sites for hydroxylation is 1. The van der Waals surface area contributed by atoms with Gasteiger partial charge in [0.25, 0.3) is 0 Å². The van der Waals surface area contributed by atoms with Crippen LogP contribution < -0.4 is 14.8 Å². The minimum atomic E-state index is 0.0524. The van der Waals surface area contributed by atoms with Crippen molar-refractivity contribution >= 4 is 17.2 Å². The summed E-state index contributed by atoms with van der Waals surface area (Å²) < 4.78 is 10.7. The molecule has 0 radical (unpaired) electrons. The molecule has 0 saturated carbocycles. The lowest BCUT2D eigenvalue weighted by Gasteiger charge is -2.07. The Labute approximate surface area is 140 Å². The van der Waals surface area contributed by atoms with E-state index in [0.29, 0.717) is 26.0 Å². The summed E-state index contributed by atoms with van der Waals surface area (Å²) >= 11 is 1.63. The van der Waals surface area contributed by atoms with Gasteiger partial charge in [0.05, 0.1) is 18.7 Å². The van der Waals surface area contributed by atoms with Crippen molar-refractivity contribution in [1.82, 2.24) is 10.3 Å². The molecule has 0 aliphatic rings. The zero-order valence-electron chi connectivity index (χ0n) is 13.5. The number of nitrogens with one attached hydrogen (secondary N) is 1. The SMILES string of the molecule is COc1ccc(OCCCC(=O)NCCc2nc(C)cs2)cc1. The summed E-state index contributed by atoms with van der Waals surface area (Å²) in [6, 6.07) is 7.41. The van der Waals surface area contributed by atoms with Gasteiger partial charge in [-0.05, 0) is 37.6 Å². The van der Waals surface area contributed by atoms with Gasteiger partial charge in [-0.25, -0.2) is 4.98 Å². The Bertz CT molecular complexity index is 611. The molecule has 2 rings (SSSR count). The van der Waals surface area contributed by atoms with Crippen molar-refractivity contribution < 1.29 is 14.3 Å². The van der Waals surface area contributed by atoms with Gasteiger partial charge < -0.3 is 14.8 Å². The van der Waals surface area contributed by atoms with Crippen LogP contribution in [0.5, 0.6) is 11.5 Å². The van der Waals surface area contributed by atoms with Crippen LogP contribution >= 0.6 is 11.3 Å². The highest BCUT2D eigenvalue weighted by Crippen LogP contribution is 2.17. The van der Waals surface area contributed by atoms with Crippen molar-refractivity contribution in [2.24, 2.45) is 0 Å². The second-order valence-electron chi connectivity index (χ2n) is 5.11. The van der Waals surface area contributed by atoms with Crippen LogP contribution in [0, 0.1) is 6.92 Å². The summed E-state index contributed by atoms with van der Waals surface area (Å²) in [5.74, 6) is 1.63. The number of hydrogen-bond donors (Lipinski definition) is 1. The standard InChI is InChI=1S/C17H22N2O3S/c1-13-12-23-17(19-13)9-10-18-16(20)4-3-11-22-15-7-5-14(21-2)6-8-15/h5-8,12H,3-4,9-11H2,1-2H3,(H,18,20). The second kappa shape index (κ2) is 9.15. The van der Waals surface area contributed by atoms with E-state index in [1.807, 2.05) is 36.6 Å². The van der Waals surface area contributed by atoms with Crippen molar-refractivity contribution in [3.8, 4) is 11.5 Å². The molecule has 1 aromatic heterocycles. The van der Waals surface area contributed by atoms with Crippen molar-refractivity contribution in [1.29, 1.82) is 0 Å². The number of benzene rings is 1. The molecule has 0 bridgehead atoms. The van der Waals surface area contributed by atoms with Crippen molar-refractivity contribution in [3.05, 3.63) is 40.3 Å². The van der Waals surface area contributed by atoms with Gasteiger partial charge >= 0.3 is 0 Å². The first kappa shape index (κ1) is 17.3. The lowest BCUT2D eigenvalue weighted by atomic mass is 10.3. The number of nitrogens with zero attached hydrogens (tertiary/aromatic N) is 1. The maximum Gasteiger partial charge on any atom is 0.220 e. The Morgan fingerprint density at radius 1 is 1.26 bits per heavy atom. The largest absolute Gasteiger partial charge is 0.497 e. The Morgan fingerprint density at radius 2 is 2.00 bits per heavy atom. The van der Waals surface area contributed by atoms with Crippen LogP contribution in [0.15, 0.2) is 29.6 Å². The topological polar surface area (TPSA) is 60.5 Å². The van der Waals surface area contributed by atoms with Gasteiger partial charge in [-0.2, -0.15) is 0 Å². The first-order valence-corrected chi connectivity index (χ1v) is 8.50. The molecule has 5 nitrogen and oxygen atoms in total. The number of carbonyl (C=O) groups excluding carboxylic acids is 1. The molecule has 1 amide bonds. The summed E-state index contributed by atoms with van der Waals surface area (Å²) in [4.78, 5) is 16.1. The van der Waals surface area contributed by atoms with E-state index in [0.717, 1.165) is 28.6 Å². The van der Waals surface area contributed by atoms with E-state index >= 15 is 0 Å². The van der Waals surface area contributed by atoms with Gasteiger partial charge in [0.1, 0.15) is 11.5 Å². The molecular weight excluding hydrogens is 312 g/mol. The molecule has 1 N–H and O–H groups in total. The molecule has 0 saturated heterocycles. The van der Waals surface area contributed by atoms with Gasteiger partial charge in [-0.15, -0.1) is 11.3 Å². The van der Waals surface area contributed by atoms with Crippen LogP contribution in [0.1, 0.15) is 23.5 Å². The van der Waals surface area contributed by atoms with Crippen LogP contribution in [0.3, 0.4) is 0 Å². The van der Waals surface area contributed by atoms with Gasteiger partial charge in [0.15, 0.2) is 0 Å². The molecule has 0 aliphatic heterocycles. The third-order valence-electron chi connectivity index (χ3n) is 3.20. The number of methoxy groups -OCH3 is 1. The quantitative estimate of drug-likeness (QED) is 0.716. The lowest BCUT2D eigenvalue weighted by molar-refractivity contribution is -0.121. The highest BCUT2D eigenvalue weighted by molar-refractivity contribution is 7.09. The molecule has 23 heavy (non-hydrogen) atoms. The molecule has 0 unspecified atom stereocenters. The fourth-order valence-corrected chi connectivity index (χ4v) is 2.79. The number of thiazole rings is 1. The van der Waals surface area contributed by atoms with Crippen molar-refractivity contribution in [2.45, 2.75) is 26.2 Å². The maximum absolute atomic E-state index is 11.7. The Kier molecular flexibility index (Phi) is 6.87. The van der Waals surface area contributed by atoms with E-state index in [1.165, 1.54) is 0 Å². The normalized spacial score (nSPS) is 10.3. The molecule has 0 aliphatic carbocycles. The first-order chi connectivity index (χ1) is 11.2. The monoisotopic (exact) mass is 334 g/mol. The predicted molar refractivity (Wildman–Crippen MR) is 91.3 cm³/mol. The third-order valence-corrected chi connectivity index (χ3v) is 4.23. The summed E-state index contributed by atoms with van der Waals surface area (Å²) in [7, 11) is 1.63. The molecular formula is C17H22N2O3S. The number of aromatic nitrogens is 1. The fraction of sp³-hybridized carbons (Fsp3) is 0.412. The average Bonchev–Trinajstić information content (AvgIpc) is 2.97. The first-order valence-electron chi connectivity index (χ1n) is 7.62. The average molecular weight is 334 g/mol. The maximum atomic E-state index is 11.7. The molecule has 0 fully saturated rings. The minimum Gasteiger partial charge on any atom is -0.497 e. The lowest BCUT2D eigenvalue weighted by Crippen LogP contribution is -2.25. The zero-order valence-corrected chi connectivity index (χ0v) is 14.3. The fourth-order valence-electron chi connectivity index (χ4n) is 2.01. The second-order valence-corrected chi connectivity index (χ2v) is 6.05. The number of ether oxygens (including phenoxy) is 2. The minimum absolute atomic E-state index is 0.0524. The molecule has 2 aromatic rings. The van der Waals surface area contributed by atoms with Crippen LogP contribution in [0.25, 0.3) is 0 Å². The third kappa shape index (κ3) is 6.28. The molecule has 0 spiro atoms. The molecule has 0 atom stereocenters. The van der Waals surface area contributed by atoms with E-state index < -0.39 is 0 Å². The Morgan fingerprint density at radius 3 is 2.65 bits per heavy atom. The number of carbonyl (C=O) groups is 1. The molecule has 124 valence electrons. The van der Waals surface area contributed by atoms with Crippen LogP contribution in [-0.4, -0.2) is 31.2 Å². The number of rotatable bonds is 9. The van der Waals surface area contributed by atoms with Crippen molar-refractivity contribution in [3.63, 3.8) is 0 Å². The van der Waals surface area contributed by atoms with E-state index in [1.54, 1.807) is 18.4 Å². The Balaban J connectivity index is 1.55. The van der Waals surface area contributed by atoms with Crippen LogP contribution in [0.2, 0.25) is 0 Å². The molecule has 1 aromatic carbocycles. The highest BCUT2D eigenvalue weighted by atomic mass is 32.1. The highest BCUT2D eigenvalue weighted by Gasteiger charge is 2.03. The van der Waals surface area contributed by atoms with E-state index in [2.05, 4.69) is 10.3 Å². The number of hydrogen-bond acceptors (Lipinski definition) is 5. The summed E-state index contributed by atoms with van der Waals surface area (Å²) in [5.41, 5.74) is 1.03. The van der Waals surface area contributed by atoms with E-state index in [4.69, 9.17) is 9.47 Å². The van der Waals surface area contributed by atoms with Crippen LogP contribution in [-0.2, 0) is 11.2 Å². The number of amides is 1. The smallest absolute Gasteiger partial charge is 0.220 e. The summed E-state index contributed by atoms with van der Waals surface area (Å²) in [6.45, 7) is 3.12. The van der Waals surface area contributed by atoms with Crippen molar-refractivity contribution in [2.75, 3.05) is 20.3 Å². The van der Waals surface area contributed by atoms with Gasteiger partial charge in [0.2, 0.25) is 5.91 Å². The van der Waals surface area contributed by atoms with Crippen LogP contribution in [0.4, 0.5) is 0 Å².